The van der Waals surface area contributed by atoms with Crippen molar-refractivity contribution in [3.05, 3.63) is 64.7 Å². The van der Waals surface area contributed by atoms with Gasteiger partial charge in [0.2, 0.25) is 15.9 Å². The Kier molecular flexibility index (Phi) is 7.38. The third kappa shape index (κ3) is 5.86. The van der Waals surface area contributed by atoms with Crippen LogP contribution in [0.15, 0.2) is 42.5 Å². The molecule has 1 heterocycles. The summed E-state index contributed by atoms with van der Waals surface area (Å²) in [6, 6.07) is 12.7. The Morgan fingerprint density at radius 2 is 1.71 bits per heavy atom. The second-order valence-electron chi connectivity index (χ2n) is 8.47. The van der Waals surface area contributed by atoms with Gasteiger partial charge in [0.15, 0.2) is 0 Å². The van der Waals surface area contributed by atoms with Gasteiger partial charge in [0.25, 0.3) is 0 Å². The lowest BCUT2D eigenvalue weighted by Gasteiger charge is -2.29. The Morgan fingerprint density at radius 3 is 2.32 bits per heavy atom. The molecule has 1 fully saturated rings. The highest BCUT2D eigenvalue weighted by atomic mass is 32.2. The minimum Gasteiger partial charge on any atom is -0.350 e. The molecule has 0 aliphatic carbocycles. The van der Waals surface area contributed by atoms with Crippen LogP contribution in [0, 0.1) is 13.8 Å². The van der Waals surface area contributed by atoms with E-state index in [1.807, 2.05) is 44.2 Å². The molecule has 0 bridgehead atoms. The maximum Gasteiger partial charge on any atom is 0.243 e. The number of anilines is 1. The van der Waals surface area contributed by atoms with Crippen molar-refractivity contribution in [3.8, 4) is 0 Å². The third-order valence-electron chi connectivity index (χ3n) is 6.00. The molecule has 0 radical (unpaired) electrons. The van der Waals surface area contributed by atoms with Crippen molar-refractivity contribution in [2.45, 2.75) is 52.7 Å². The lowest BCUT2D eigenvalue weighted by Crippen LogP contribution is -2.47. The predicted molar refractivity (Wildman–Crippen MR) is 126 cm³/mol. The summed E-state index contributed by atoms with van der Waals surface area (Å²) in [6.07, 6.45) is 3.60. The minimum absolute atomic E-state index is 0.320. The van der Waals surface area contributed by atoms with E-state index in [4.69, 9.17) is 0 Å². The first-order valence-electron chi connectivity index (χ1n) is 10.8. The average Bonchev–Trinajstić information content (AvgIpc) is 3.22. The number of nitrogens with one attached hydrogen (secondary N) is 1. The number of benzene rings is 2. The zero-order chi connectivity index (χ0) is 22.6. The van der Waals surface area contributed by atoms with E-state index in [1.54, 1.807) is 13.0 Å². The number of hydrogen-bond donors (Lipinski definition) is 1. The van der Waals surface area contributed by atoms with Crippen molar-refractivity contribution in [1.29, 1.82) is 0 Å². The van der Waals surface area contributed by atoms with Crippen LogP contribution in [0.3, 0.4) is 0 Å². The van der Waals surface area contributed by atoms with Gasteiger partial charge in [0.05, 0.1) is 11.9 Å². The molecule has 0 saturated carbocycles. The zero-order valence-electron chi connectivity index (χ0n) is 18.9. The number of amides is 1. The Balaban J connectivity index is 1.73. The van der Waals surface area contributed by atoms with Crippen LogP contribution in [0.4, 0.5) is 5.69 Å². The molecule has 0 unspecified atom stereocenters. The molecule has 1 saturated heterocycles. The molecule has 6 nitrogen and oxygen atoms in total. The lowest BCUT2D eigenvalue weighted by molar-refractivity contribution is -0.122. The van der Waals surface area contributed by atoms with Gasteiger partial charge in [-0.25, -0.2) is 8.42 Å². The molecule has 168 valence electrons. The maximum absolute atomic E-state index is 13.0. The summed E-state index contributed by atoms with van der Waals surface area (Å²) in [6.45, 7) is 8.99. The number of sulfonamides is 1. The van der Waals surface area contributed by atoms with Crippen molar-refractivity contribution >= 4 is 21.6 Å². The molecular weight excluding hydrogens is 410 g/mol. The Bertz CT molecular complexity index is 1030. The predicted octanol–water partition coefficient (Wildman–Crippen LogP) is 3.37. The number of hydrogen-bond acceptors (Lipinski definition) is 4. The van der Waals surface area contributed by atoms with Crippen LogP contribution in [-0.4, -0.2) is 44.6 Å². The Hall–Kier alpha value is -2.38. The molecule has 2 aromatic rings. The van der Waals surface area contributed by atoms with Crippen molar-refractivity contribution in [1.82, 2.24) is 10.2 Å². The van der Waals surface area contributed by atoms with Crippen LogP contribution in [0.1, 0.15) is 42.0 Å². The molecule has 1 atom stereocenters. The fourth-order valence-electron chi connectivity index (χ4n) is 4.07. The van der Waals surface area contributed by atoms with Gasteiger partial charge in [-0.3, -0.25) is 14.0 Å². The van der Waals surface area contributed by atoms with E-state index in [2.05, 4.69) is 16.3 Å². The molecule has 7 heteroatoms. The summed E-state index contributed by atoms with van der Waals surface area (Å²) in [5.41, 5.74) is 4.82. The molecule has 2 aromatic carbocycles. The molecule has 1 N–H and O–H groups in total. The number of rotatable bonds is 8. The monoisotopic (exact) mass is 443 g/mol. The van der Waals surface area contributed by atoms with Gasteiger partial charge >= 0.3 is 0 Å². The number of aryl methyl sites for hydroxylation is 2. The summed E-state index contributed by atoms with van der Waals surface area (Å²) in [4.78, 5) is 15.4. The summed E-state index contributed by atoms with van der Waals surface area (Å²) >= 11 is 0. The lowest BCUT2D eigenvalue weighted by atomic mass is 10.1. The minimum atomic E-state index is -3.63. The van der Waals surface area contributed by atoms with E-state index in [9.17, 15) is 13.2 Å². The number of carbonyl (C=O) groups excluding carboxylic acids is 1. The van der Waals surface area contributed by atoms with Crippen LogP contribution in [0.5, 0.6) is 0 Å². The van der Waals surface area contributed by atoms with Gasteiger partial charge in [0, 0.05) is 13.1 Å². The summed E-state index contributed by atoms with van der Waals surface area (Å²) in [5, 5.41) is 2.95. The third-order valence-corrected chi connectivity index (χ3v) is 7.24. The van der Waals surface area contributed by atoms with Crippen LogP contribution < -0.4 is 9.62 Å². The van der Waals surface area contributed by atoms with Crippen molar-refractivity contribution in [3.63, 3.8) is 0 Å². The fourth-order valence-corrected chi connectivity index (χ4v) is 5.23. The van der Waals surface area contributed by atoms with E-state index < -0.39 is 16.1 Å². The van der Waals surface area contributed by atoms with Crippen LogP contribution in [0.25, 0.3) is 0 Å². The van der Waals surface area contributed by atoms with Gasteiger partial charge < -0.3 is 5.32 Å². The molecule has 1 aliphatic heterocycles. The van der Waals surface area contributed by atoms with Gasteiger partial charge in [-0.1, -0.05) is 30.3 Å². The molecule has 3 rings (SSSR count). The topological polar surface area (TPSA) is 69.7 Å². The Morgan fingerprint density at radius 1 is 1.06 bits per heavy atom. The first-order chi connectivity index (χ1) is 14.7. The van der Waals surface area contributed by atoms with E-state index in [1.165, 1.54) is 22.7 Å². The van der Waals surface area contributed by atoms with Gasteiger partial charge in [-0.05, 0) is 81.1 Å². The highest BCUT2D eigenvalue weighted by Gasteiger charge is 2.29. The van der Waals surface area contributed by atoms with Crippen molar-refractivity contribution < 1.29 is 13.2 Å². The van der Waals surface area contributed by atoms with Gasteiger partial charge in [-0.15, -0.1) is 0 Å². The zero-order valence-corrected chi connectivity index (χ0v) is 19.7. The van der Waals surface area contributed by atoms with E-state index in [0.717, 1.165) is 42.6 Å². The van der Waals surface area contributed by atoms with Crippen LogP contribution in [-0.2, 0) is 27.9 Å². The van der Waals surface area contributed by atoms with Crippen LogP contribution in [0.2, 0.25) is 0 Å². The first kappa shape index (κ1) is 23.3. The fraction of sp³-hybridized carbons (Fsp3) is 0.458. The second-order valence-corrected chi connectivity index (χ2v) is 10.3. The Labute approximate surface area is 186 Å². The maximum atomic E-state index is 13.0. The van der Waals surface area contributed by atoms with Crippen molar-refractivity contribution in [2.75, 3.05) is 23.7 Å². The van der Waals surface area contributed by atoms with E-state index >= 15 is 0 Å². The normalized spacial score (nSPS) is 15.6. The molecule has 0 aromatic heterocycles. The van der Waals surface area contributed by atoms with Gasteiger partial charge in [0.1, 0.15) is 6.04 Å². The number of carbonyl (C=O) groups is 1. The second kappa shape index (κ2) is 9.83. The van der Waals surface area contributed by atoms with E-state index in [0.29, 0.717) is 12.2 Å². The standard InChI is InChI=1S/C24H33N3O3S/c1-18-11-12-23(15-19(18)2)27(31(4,29)30)20(3)24(28)25-16-21-9-5-6-10-22(21)17-26-13-7-8-14-26/h5-6,9-12,15,20H,7-8,13-14,16-17H2,1-4H3,(H,25,28)/t20-/m1/s1. The molecule has 1 amide bonds. The van der Waals surface area contributed by atoms with Crippen molar-refractivity contribution in [2.24, 2.45) is 0 Å². The molecule has 0 spiro atoms. The molecule has 1 aliphatic rings. The highest BCUT2D eigenvalue weighted by molar-refractivity contribution is 7.92. The first-order valence-corrected chi connectivity index (χ1v) is 12.6. The number of likely N-dealkylation sites (tertiary alicyclic amines) is 1. The van der Waals surface area contributed by atoms with Gasteiger partial charge in [-0.2, -0.15) is 0 Å². The molecular formula is C24H33N3O3S. The van der Waals surface area contributed by atoms with Crippen LogP contribution >= 0.6 is 0 Å². The largest absolute Gasteiger partial charge is 0.350 e. The average molecular weight is 444 g/mol. The van der Waals surface area contributed by atoms with E-state index in [-0.39, 0.29) is 5.91 Å². The molecule has 31 heavy (non-hydrogen) atoms. The smallest absolute Gasteiger partial charge is 0.243 e. The SMILES string of the molecule is Cc1ccc(N([C@H](C)C(=O)NCc2ccccc2CN2CCCC2)S(C)(=O)=O)cc1C. The quantitative estimate of drug-likeness (QED) is 0.679. The summed E-state index contributed by atoms with van der Waals surface area (Å²) in [5.74, 6) is -0.320. The summed E-state index contributed by atoms with van der Waals surface area (Å²) in [7, 11) is -3.63. The highest BCUT2D eigenvalue weighted by Crippen LogP contribution is 2.24. The number of nitrogens with zero attached hydrogens (tertiary/aromatic N) is 2. The summed E-state index contributed by atoms with van der Waals surface area (Å²) < 4.78 is 26.3.